The van der Waals surface area contributed by atoms with E-state index in [9.17, 15) is 13.2 Å². The van der Waals surface area contributed by atoms with E-state index in [1.54, 1.807) is 0 Å². The molecule has 0 unspecified atom stereocenters. The second-order valence-electron chi connectivity index (χ2n) is 4.27. The van der Waals surface area contributed by atoms with Crippen molar-refractivity contribution in [2.75, 3.05) is 0 Å². The van der Waals surface area contributed by atoms with Gasteiger partial charge in [-0.2, -0.15) is 13.2 Å². The van der Waals surface area contributed by atoms with E-state index in [4.69, 9.17) is 0 Å². The standard InChI is InChI=1S/C12H14F3N/c13-12(14,15)10-7-4-8-16-11(10)9-5-2-1-3-6-9/h4,7-9H,1-3,5-6H2. The highest BCUT2D eigenvalue weighted by atomic mass is 19.4. The fourth-order valence-electron chi connectivity index (χ4n) is 2.36. The van der Waals surface area contributed by atoms with Crippen LogP contribution in [0.15, 0.2) is 18.3 Å². The van der Waals surface area contributed by atoms with Gasteiger partial charge in [-0.15, -0.1) is 0 Å². The van der Waals surface area contributed by atoms with Gasteiger partial charge in [0.25, 0.3) is 0 Å². The summed E-state index contributed by atoms with van der Waals surface area (Å²) in [6.07, 6.45) is 2.00. The van der Waals surface area contributed by atoms with E-state index in [0.29, 0.717) is 0 Å². The molecule has 2 rings (SSSR count). The smallest absolute Gasteiger partial charge is 0.260 e. The molecule has 88 valence electrons. The summed E-state index contributed by atoms with van der Waals surface area (Å²) < 4.78 is 38.3. The average molecular weight is 229 g/mol. The first kappa shape index (κ1) is 11.4. The Morgan fingerprint density at radius 2 is 1.81 bits per heavy atom. The Morgan fingerprint density at radius 3 is 2.44 bits per heavy atom. The van der Waals surface area contributed by atoms with Crippen LogP contribution in [0.1, 0.15) is 49.3 Å². The van der Waals surface area contributed by atoms with Gasteiger partial charge in [-0.3, -0.25) is 4.98 Å². The van der Waals surface area contributed by atoms with Crippen molar-refractivity contribution in [1.82, 2.24) is 4.98 Å². The van der Waals surface area contributed by atoms with Crippen LogP contribution in [-0.4, -0.2) is 4.98 Å². The van der Waals surface area contributed by atoms with Gasteiger partial charge in [0.15, 0.2) is 0 Å². The number of nitrogens with zero attached hydrogens (tertiary/aromatic N) is 1. The van der Waals surface area contributed by atoms with Crippen molar-refractivity contribution < 1.29 is 13.2 Å². The predicted octanol–water partition coefficient (Wildman–Crippen LogP) is 4.15. The predicted molar refractivity (Wildman–Crippen MR) is 55.1 cm³/mol. The van der Waals surface area contributed by atoms with Crippen LogP contribution in [0.4, 0.5) is 13.2 Å². The molecule has 16 heavy (non-hydrogen) atoms. The molecule has 1 heterocycles. The van der Waals surface area contributed by atoms with Crippen LogP contribution in [0.2, 0.25) is 0 Å². The molecule has 1 aromatic heterocycles. The number of hydrogen-bond donors (Lipinski definition) is 0. The molecular formula is C12H14F3N. The van der Waals surface area contributed by atoms with E-state index in [2.05, 4.69) is 4.98 Å². The molecule has 0 spiro atoms. The van der Waals surface area contributed by atoms with Crippen LogP contribution in [-0.2, 0) is 6.18 Å². The third kappa shape index (κ3) is 2.36. The first-order valence-electron chi connectivity index (χ1n) is 5.61. The van der Waals surface area contributed by atoms with Gasteiger partial charge in [-0.25, -0.2) is 0 Å². The van der Waals surface area contributed by atoms with Gasteiger partial charge in [0, 0.05) is 12.1 Å². The molecule has 1 nitrogen and oxygen atoms in total. The normalized spacial score (nSPS) is 18.7. The largest absolute Gasteiger partial charge is 0.418 e. The third-order valence-corrected chi connectivity index (χ3v) is 3.14. The molecular weight excluding hydrogens is 215 g/mol. The quantitative estimate of drug-likeness (QED) is 0.705. The maximum absolute atomic E-state index is 12.8. The monoisotopic (exact) mass is 229 g/mol. The molecule has 1 aliphatic carbocycles. The number of rotatable bonds is 1. The Kier molecular flexibility index (Phi) is 3.17. The fourth-order valence-corrected chi connectivity index (χ4v) is 2.36. The summed E-state index contributed by atoms with van der Waals surface area (Å²) in [5.41, 5.74) is -0.309. The molecule has 0 aromatic carbocycles. The van der Waals surface area contributed by atoms with Gasteiger partial charge in [-0.05, 0) is 25.0 Å². The van der Waals surface area contributed by atoms with Crippen LogP contribution in [0.25, 0.3) is 0 Å². The van der Waals surface area contributed by atoms with E-state index < -0.39 is 11.7 Å². The van der Waals surface area contributed by atoms with Crippen LogP contribution >= 0.6 is 0 Å². The molecule has 1 aliphatic rings. The van der Waals surface area contributed by atoms with Crippen molar-refractivity contribution >= 4 is 0 Å². The van der Waals surface area contributed by atoms with Crippen molar-refractivity contribution in [3.05, 3.63) is 29.6 Å². The summed E-state index contributed by atoms with van der Waals surface area (Å²) in [5, 5.41) is 0. The molecule has 0 aliphatic heterocycles. The Bertz CT molecular complexity index is 354. The molecule has 0 saturated heterocycles. The zero-order chi connectivity index (χ0) is 11.6. The SMILES string of the molecule is FC(F)(F)c1cccnc1C1CCCCC1. The maximum atomic E-state index is 12.8. The minimum absolute atomic E-state index is 0.00780. The first-order chi connectivity index (χ1) is 7.59. The summed E-state index contributed by atoms with van der Waals surface area (Å²) >= 11 is 0. The Hall–Kier alpha value is -1.06. The molecule has 4 heteroatoms. The topological polar surface area (TPSA) is 12.9 Å². The van der Waals surface area contributed by atoms with Crippen LogP contribution in [0.5, 0.6) is 0 Å². The molecule has 0 bridgehead atoms. The highest BCUT2D eigenvalue weighted by Gasteiger charge is 2.36. The second-order valence-corrected chi connectivity index (χ2v) is 4.27. The van der Waals surface area contributed by atoms with E-state index in [0.717, 1.165) is 38.2 Å². The van der Waals surface area contributed by atoms with E-state index in [1.807, 2.05) is 0 Å². The zero-order valence-corrected chi connectivity index (χ0v) is 8.93. The van der Waals surface area contributed by atoms with Gasteiger partial charge in [0.05, 0.1) is 11.3 Å². The summed E-state index contributed by atoms with van der Waals surface area (Å²) in [6.45, 7) is 0. The number of aromatic nitrogens is 1. The van der Waals surface area contributed by atoms with Gasteiger partial charge >= 0.3 is 6.18 Å². The molecule has 0 amide bonds. The van der Waals surface area contributed by atoms with E-state index >= 15 is 0 Å². The van der Waals surface area contributed by atoms with Crippen LogP contribution in [0, 0.1) is 0 Å². The molecule has 0 N–H and O–H groups in total. The highest BCUT2D eigenvalue weighted by Crippen LogP contribution is 2.39. The van der Waals surface area contributed by atoms with Crippen molar-refractivity contribution in [2.24, 2.45) is 0 Å². The summed E-state index contributed by atoms with van der Waals surface area (Å²) in [5.74, 6) is -0.00780. The molecule has 0 radical (unpaired) electrons. The lowest BCUT2D eigenvalue weighted by atomic mass is 9.85. The fraction of sp³-hybridized carbons (Fsp3) is 0.583. The number of alkyl halides is 3. The van der Waals surface area contributed by atoms with E-state index in [1.165, 1.54) is 12.3 Å². The van der Waals surface area contributed by atoms with Crippen molar-refractivity contribution in [2.45, 2.75) is 44.2 Å². The Balaban J connectivity index is 2.32. The maximum Gasteiger partial charge on any atom is 0.418 e. The van der Waals surface area contributed by atoms with Crippen molar-refractivity contribution in [3.8, 4) is 0 Å². The lowest BCUT2D eigenvalue weighted by Gasteiger charge is -2.23. The van der Waals surface area contributed by atoms with Crippen LogP contribution < -0.4 is 0 Å². The number of hydrogen-bond acceptors (Lipinski definition) is 1. The van der Waals surface area contributed by atoms with Gasteiger partial charge in [-0.1, -0.05) is 19.3 Å². The number of halogens is 3. The molecule has 1 saturated carbocycles. The van der Waals surface area contributed by atoms with Gasteiger partial charge in [0.2, 0.25) is 0 Å². The first-order valence-corrected chi connectivity index (χ1v) is 5.61. The van der Waals surface area contributed by atoms with Gasteiger partial charge < -0.3 is 0 Å². The zero-order valence-electron chi connectivity index (χ0n) is 8.93. The molecule has 1 fully saturated rings. The highest BCUT2D eigenvalue weighted by molar-refractivity contribution is 5.26. The summed E-state index contributed by atoms with van der Waals surface area (Å²) in [6, 6.07) is 2.49. The Morgan fingerprint density at radius 1 is 1.12 bits per heavy atom. The lowest BCUT2D eigenvalue weighted by Crippen LogP contribution is -2.15. The Labute approximate surface area is 92.7 Å². The van der Waals surface area contributed by atoms with Gasteiger partial charge in [0.1, 0.15) is 0 Å². The summed E-state index contributed by atoms with van der Waals surface area (Å²) in [7, 11) is 0. The van der Waals surface area contributed by atoms with E-state index in [-0.39, 0.29) is 11.6 Å². The van der Waals surface area contributed by atoms with Crippen molar-refractivity contribution in [1.29, 1.82) is 0 Å². The molecule has 0 atom stereocenters. The number of pyridine rings is 1. The minimum atomic E-state index is -4.28. The minimum Gasteiger partial charge on any atom is -0.260 e. The molecule has 1 aromatic rings. The lowest BCUT2D eigenvalue weighted by molar-refractivity contribution is -0.138. The summed E-state index contributed by atoms with van der Waals surface area (Å²) in [4.78, 5) is 3.95. The third-order valence-electron chi connectivity index (χ3n) is 3.14. The second kappa shape index (κ2) is 4.44. The van der Waals surface area contributed by atoms with Crippen LogP contribution in [0.3, 0.4) is 0 Å². The average Bonchev–Trinajstić information content (AvgIpc) is 2.29. The van der Waals surface area contributed by atoms with Crippen molar-refractivity contribution in [3.63, 3.8) is 0 Å².